The van der Waals surface area contributed by atoms with E-state index >= 15 is 0 Å². The number of rotatable bonds is 2. The molecule has 1 atom stereocenters. The first-order chi connectivity index (χ1) is 6.66. The first kappa shape index (κ1) is 9.66. The molecule has 0 aliphatic heterocycles. The van der Waals surface area contributed by atoms with Gasteiger partial charge in [-0.1, -0.05) is 12.1 Å². The van der Waals surface area contributed by atoms with Crippen LogP contribution in [0.4, 0.5) is 4.39 Å². The zero-order chi connectivity index (χ0) is 10.1. The summed E-state index contributed by atoms with van der Waals surface area (Å²) in [6.45, 7) is 2.05. The second-order valence-electron chi connectivity index (χ2n) is 4.34. The van der Waals surface area contributed by atoms with Gasteiger partial charge in [-0.05, 0) is 49.3 Å². The van der Waals surface area contributed by atoms with Crippen molar-refractivity contribution >= 4 is 0 Å². The molecule has 1 saturated carbocycles. The Labute approximate surface area is 84.1 Å². The summed E-state index contributed by atoms with van der Waals surface area (Å²) in [4.78, 5) is 0. The summed E-state index contributed by atoms with van der Waals surface area (Å²) in [5, 5.41) is 0. The number of halogens is 1. The molecule has 1 nitrogen and oxygen atoms in total. The smallest absolute Gasteiger partial charge is 0.123 e. The molecular formula is C12H16FN. The summed E-state index contributed by atoms with van der Waals surface area (Å²) in [6.07, 6.45) is 2.22. The van der Waals surface area contributed by atoms with Crippen LogP contribution in [-0.2, 0) is 0 Å². The van der Waals surface area contributed by atoms with Crippen LogP contribution < -0.4 is 5.73 Å². The van der Waals surface area contributed by atoms with Crippen LogP contribution in [-0.4, -0.2) is 6.04 Å². The summed E-state index contributed by atoms with van der Waals surface area (Å²) in [6, 6.07) is 7.20. The highest BCUT2D eigenvalue weighted by Crippen LogP contribution is 2.42. The van der Waals surface area contributed by atoms with Crippen LogP contribution in [0, 0.1) is 11.7 Å². The molecule has 0 radical (unpaired) electrons. The van der Waals surface area contributed by atoms with Gasteiger partial charge in [0, 0.05) is 6.04 Å². The minimum atomic E-state index is -0.133. The standard InChI is InChI=1S/C12H16FN/c1-8(14)10-5-11(6-10)9-3-2-4-12(13)7-9/h2-4,7-8,10-11H,5-6,14H2,1H3. The zero-order valence-electron chi connectivity index (χ0n) is 8.41. The molecule has 0 spiro atoms. The SMILES string of the molecule is CC(N)C1CC(c2cccc(F)c2)C1. The van der Waals surface area contributed by atoms with Gasteiger partial charge in [0.05, 0.1) is 0 Å². The molecule has 1 unspecified atom stereocenters. The van der Waals surface area contributed by atoms with Crippen molar-refractivity contribution in [2.24, 2.45) is 11.7 Å². The van der Waals surface area contributed by atoms with Gasteiger partial charge in [-0.15, -0.1) is 0 Å². The van der Waals surface area contributed by atoms with E-state index in [2.05, 4.69) is 0 Å². The minimum absolute atomic E-state index is 0.133. The van der Waals surface area contributed by atoms with E-state index in [0.717, 1.165) is 18.4 Å². The van der Waals surface area contributed by atoms with Crippen molar-refractivity contribution in [3.05, 3.63) is 35.6 Å². The number of hydrogen-bond donors (Lipinski definition) is 1. The maximum Gasteiger partial charge on any atom is 0.123 e. The Morgan fingerprint density at radius 1 is 1.43 bits per heavy atom. The fourth-order valence-corrected chi connectivity index (χ4v) is 2.12. The molecule has 0 heterocycles. The van der Waals surface area contributed by atoms with Crippen LogP contribution in [0.5, 0.6) is 0 Å². The van der Waals surface area contributed by atoms with Crippen LogP contribution in [0.25, 0.3) is 0 Å². The Hall–Kier alpha value is -0.890. The van der Waals surface area contributed by atoms with Gasteiger partial charge in [-0.2, -0.15) is 0 Å². The van der Waals surface area contributed by atoms with Crippen molar-refractivity contribution in [3.8, 4) is 0 Å². The van der Waals surface area contributed by atoms with E-state index in [0.29, 0.717) is 11.8 Å². The highest BCUT2D eigenvalue weighted by Gasteiger charge is 2.32. The van der Waals surface area contributed by atoms with Crippen molar-refractivity contribution in [1.29, 1.82) is 0 Å². The van der Waals surface area contributed by atoms with E-state index in [9.17, 15) is 4.39 Å². The Bertz CT molecular complexity index is 316. The lowest BCUT2D eigenvalue weighted by Gasteiger charge is -2.38. The monoisotopic (exact) mass is 193 g/mol. The zero-order valence-corrected chi connectivity index (χ0v) is 8.41. The minimum Gasteiger partial charge on any atom is -0.328 e. The van der Waals surface area contributed by atoms with Crippen LogP contribution in [0.2, 0.25) is 0 Å². The fraction of sp³-hybridized carbons (Fsp3) is 0.500. The average molecular weight is 193 g/mol. The van der Waals surface area contributed by atoms with E-state index < -0.39 is 0 Å². The van der Waals surface area contributed by atoms with Gasteiger partial charge in [0.25, 0.3) is 0 Å². The normalized spacial score (nSPS) is 28.2. The molecule has 2 N–H and O–H groups in total. The Kier molecular flexibility index (Phi) is 2.55. The third-order valence-electron chi connectivity index (χ3n) is 3.24. The van der Waals surface area contributed by atoms with Gasteiger partial charge in [-0.3, -0.25) is 0 Å². The molecule has 0 bridgehead atoms. The number of benzene rings is 1. The molecule has 0 saturated heterocycles. The summed E-state index contributed by atoms with van der Waals surface area (Å²) < 4.78 is 12.9. The lowest BCUT2D eigenvalue weighted by atomic mass is 9.69. The third-order valence-corrected chi connectivity index (χ3v) is 3.24. The van der Waals surface area contributed by atoms with Crippen LogP contribution in [0.15, 0.2) is 24.3 Å². The van der Waals surface area contributed by atoms with Gasteiger partial charge in [0.1, 0.15) is 5.82 Å². The molecule has 0 aromatic heterocycles. The molecule has 14 heavy (non-hydrogen) atoms. The topological polar surface area (TPSA) is 26.0 Å². The molecule has 1 fully saturated rings. The maximum absolute atomic E-state index is 12.9. The molecular weight excluding hydrogens is 177 g/mol. The van der Waals surface area contributed by atoms with Gasteiger partial charge in [-0.25, -0.2) is 4.39 Å². The van der Waals surface area contributed by atoms with Crippen molar-refractivity contribution < 1.29 is 4.39 Å². The van der Waals surface area contributed by atoms with Gasteiger partial charge in [0.2, 0.25) is 0 Å². The molecule has 1 aromatic rings. The summed E-state index contributed by atoms with van der Waals surface area (Å²) >= 11 is 0. The lowest BCUT2D eigenvalue weighted by Crippen LogP contribution is -2.36. The van der Waals surface area contributed by atoms with Crippen LogP contribution in [0.1, 0.15) is 31.2 Å². The quantitative estimate of drug-likeness (QED) is 0.767. The largest absolute Gasteiger partial charge is 0.328 e. The highest BCUT2D eigenvalue weighted by molar-refractivity contribution is 5.23. The van der Waals surface area contributed by atoms with E-state index in [1.165, 1.54) is 6.07 Å². The molecule has 1 aliphatic carbocycles. The third kappa shape index (κ3) is 1.80. The Morgan fingerprint density at radius 2 is 2.14 bits per heavy atom. The van der Waals surface area contributed by atoms with Gasteiger partial charge >= 0.3 is 0 Å². The van der Waals surface area contributed by atoms with Crippen molar-refractivity contribution in [3.63, 3.8) is 0 Å². The second kappa shape index (κ2) is 3.70. The number of nitrogens with two attached hydrogens (primary N) is 1. The summed E-state index contributed by atoms with van der Waals surface area (Å²) in [5.74, 6) is 1.02. The molecule has 0 amide bonds. The molecule has 2 rings (SSSR count). The fourth-order valence-electron chi connectivity index (χ4n) is 2.12. The van der Waals surface area contributed by atoms with Gasteiger partial charge < -0.3 is 5.73 Å². The lowest BCUT2D eigenvalue weighted by molar-refractivity contribution is 0.229. The van der Waals surface area contributed by atoms with Crippen molar-refractivity contribution in [1.82, 2.24) is 0 Å². The highest BCUT2D eigenvalue weighted by atomic mass is 19.1. The molecule has 1 aliphatic rings. The Morgan fingerprint density at radius 3 is 2.71 bits per heavy atom. The van der Waals surface area contributed by atoms with E-state index in [1.54, 1.807) is 12.1 Å². The Balaban J connectivity index is 2.00. The predicted octanol–water partition coefficient (Wildman–Crippen LogP) is 2.67. The average Bonchev–Trinajstić information content (AvgIpc) is 2.00. The number of hydrogen-bond acceptors (Lipinski definition) is 1. The second-order valence-corrected chi connectivity index (χ2v) is 4.34. The molecule has 2 heteroatoms. The van der Waals surface area contributed by atoms with E-state index in [-0.39, 0.29) is 11.9 Å². The van der Waals surface area contributed by atoms with Crippen molar-refractivity contribution in [2.45, 2.75) is 31.7 Å². The first-order valence-electron chi connectivity index (χ1n) is 5.18. The summed E-state index contributed by atoms with van der Waals surface area (Å²) in [5.41, 5.74) is 6.92. The van der Waals surface area contributed by atoms with Crippen LogP contribution in [0.3, 0.4) is 0 Å². The van der Waals surface area contributed by atoms with Crippen LogP contribution >= 0.6 is 0 Å². The molecule has 76 valence electrons. The van der Waals surface area contributed by atoms with Gasteiger partial charge in [0.15, 0.2) is 0 Å². The van der Waals surface area contributed by atoms with E-state index in [4.69, 9.17) is 5.73 Å². The van der Waals surface area contributed by atoms with Crippen molar-refractivity contribution in [2.75, 3.05) is 0 Å². The first-order valence-corrected chi connectivity index (χ1v) is 5.18. The van der Waals surface area contributed by atoms with E-state index in [1.807, 2.05) is 13.0 Å². The summed E-state index contributed by atoms with van der Waals surface area (Å²) in [7, 11) is 0. The maximum atomic E-state index is 12.9. The molecule has 1 aromatic carbocycles. The predicted molar refractivity (Wildman–Crippen MR) is 55.5 cm³/mol.